The predicted molar refractivity (Wildman–Crippen MR) is 101 cm³/mol. The van der Waals surface area contributed by atoms with Crippen LogP contribution in [-0.4, -0.2) is 18.4 Å². The van der Waals surface area contributed by atoms with Crippen molar-refractivity contribution in [2.45, 2.75) is 39.5 Å². The van der Waals surface area contributed by atoms with Crippen LogP contribution >= 0.6 is 0 Å². The molecule has 2 amide bonds. The van der Waals surface area contributed by atoms with E-state index in [1.54, 1.807) is 17.9 Å². The highest BCUT2D eigenvalue weighted by Crippen LogP contribution is 2.29. The third-order valence-electron chi connectivity index (χ3n) is 4.63. The number of hydrogen-bond acceptors (Lipinski definition) is 2. The van der Waals surface area contributed by atoms with Crippen LogP contribution in [0.3, 0.4) is 0 Å². The number of nitrogens with one attached hydrogen (secondary N) is 1. The summed E-state index contributed by atoms with van der Waals surface area (Å²) >= 11 is 0. The molecule has 0 saturated heterocycles. The van der Waals surface area contributed by atoms with Crippen LogP contribution in [-0.2, 0) is 16.6 Å². The van der Waals surface area contributed by atoms with Crippen LogP contribution in [0.5, 0.6) is 0 Å². The maximum absolute atomic E-state index is 12.5. The first kappa shape index (κ1) is 17.2. The molecule has 0 fully saturated rings. The third kappa shape index (κ3) is 3.58. The minimum atomic E-state index is -0.132. The SMILES string of the molecule is CC(=O)N1CCc2cc(C(=O)Nc3ccc(C(C)(C)C)cc3)ccc21. The minimum Gasteiger partial charge on any atom is -0.322 e. The Balaban J connectivity index is 1.75. The van der Waals surface area contributed by atoms with Crippen molar-refractivity contribution in [2.75, 3.05) is 16.8 Å². The van der Waals surface area contributed by atoms with Gasteiger partial charge in [0.15, 0.2) is 0 Å². The van der Waals surface area contributed by atoms with Crippen LogP contribution in [0.4, 0.5) is 11.4 Å². The summed E-state index contributed by atoms with van der Waals surface area (Å²) in [6.45, 7) is 8.74. The highest BCUT2D eigenvalue weighted by atomic mass is 16.2. The number of rotatable bonds is 2. The van der Waals surface area contributed by atoms with Crippen LogP contribution in [0, 0.1) is 0 Å². The molecule has 3 rings (SSSR count). The van der Waals surface area contributed by atoms with Gasteiger partial charge in [-0.15, -0.1) is 0 Å². The van der Waals surface area contributed by atoms with E-state index in [0.29, 0.717) is 12.1 Å². The van der Waals surface area contributed by atoms with Gasteiger partial charge >= 0.3 is 0 Å². The van der Waals surface area contributed by atoms with Crippen molar-refractivity contribution in [3.8, 4) is 0 Å². The monoisotopic (exact) mass is 336 g/mol. The lowest BCUT2D eigenvalue weighted by Crippen LogP contribution is -2.25. The minimum absolute atomic E-state index is 0.0369. The topological polar surface area (TPSA) is 49.4 Å². The molecule has 0 unspecified atom stereocenters. The summed E-state index contributed by atoms with van der Waals surface area (Å²) in [5.74, 6) is -0.0949. The number of carbonyl (C=O) groups excluding carboxylic acids is 2. The highest BCUT2D eigenvalue weighted by Gasteiger charge is 2.23. The Labute approximate surface area is 148 Å². The van der Waals surface area contributed by atoms with E-state index in [1.807, 2.05) is 36.4 Å². The van der Waals surface area contributed by atoms with Crippen molar-refractivity contribution >= 4 is 23.2 Å². The lowest BCUT2D eigenvalue weighted by molar-refractivity contribution is -0.116. The van der Waals surface area contributed by atoms with E-state index in [0.717, 1.165) is 23.4 Å². The summed E-state index contributed by atoms with van der Waals surface area (Å²) < 4.78 is 0. The summed E-state index contributed by atoms with van der Waals surface area (Å²) in [5.41, 5.74) is 4.68. The van der Waals surface area contributed by atoms with Gasteiger partial charge in [0.25, 0.3) is 5.91 Å². The first-order chi connectivity index (χ1) is 11.8. The molecule has 0 bridgehead atoms. The number of nitrogens with zero attached hydrogens (tertiary/aromatic N) is 1. The zero-order valence-electron chi connectivity index (χ0n) is 15.2. The summed E-state index contributed by atoms with van der Waals surface area (Å²) in [4.78, 5) is 25.9. The lowest BCUT2D eigenvalue weighted by Gasteiger charge is -2.19. The van der Waals surface area contributed by atoms with Crippen LogP contribution in [0.25, 0.3) is 0 Å². The van der Waals surface area contributed by atoms with Gasteiger partial charge in [0.2, 0.25) is 5.91 Å². The molecular weight excluding hydrogens is 312 g/mol. The van der Waals surface area contributed by atoms with Gasteiger partial charge in [-0.05, 0) is 53.3 Å². The van der Waals surface area contributed by atoms with Gasteiger partial charge in [-0.3, -0.25) is 9.59 Å². The molecular formula is C21H24N2O2. The molecule has 2 aromatic carbocycles. The van der Waals surface area contributed by atoms with Gasteiger partial charge in [0.1, 0.15) is 0 Å². The van der Waals surface area contributed by atoms with Crippen LogP contribution in [0.1, 0.15) is 49.2 Å². The van der Waals surface area contributed by atoms with Gasteiger partial charge in [-0.25, -0.2) is 0 Å². The Hall–Kier alpha value is -2.62. The maximum Gasteiger partial charge on any atom is 0.255 e. The molecule has 4 nitrogen and oxygen atoms in total. The second kappa shape index (κ2) is 6.36. The predicted octanol–water partition coefficient (Wildman–Crippen LogP) is 4.15. The van der Waals surface area contributed by atoms with Crippen molar-refractivity contribution in [1.29, 1.82) is 0 Å². The number of fused-ring (bicyclic) bond motifs is 1. The van der Waals surface area contributed by atoms with E-state index < -0.39 is 0 Å². The highest BCUT2D eigenvalue weighted by molar-refractivity contribution is 6.05. The Kier molecular flexibility index (Phi) is 4.38. The quantitative estimate of drug-likeness (QED) is 0.896. The van der Waals surface area contributed by atoms with E-state index in [2.05, 4.69) is 26.1 Å². The van der Waals surface area contributed by atoms with E-state index >= 15 is 0 Å². The molecule has 130 valence electrons. The summed E-state index contributed by atoms with van der Waals surface area (Å²) in [7, 11) is 0. The largest absolute Gasteiger partial charge is 0.322 e. The molecule has 0 aromatic heterocycles. The first-order valence-electron chi connectivity index (χ1n) is 8.58. The molecule has 0 aliphatic carbocycles. The van der Waals surface area contributed by atoms with Gasteiger partial charge in [0, 0.05) is 30.4 Å². The van der Waals surface area contributed by atoms with Crippen molar-refractivity contribution in [2.24, 2.45) is 0 Å². The zero-order valence-corrected chi connectivity index (χ0v) is 15.2. The Morgan fingerprint density at radius 1 is 1.04 bits per heavy atom. The van der Waals surface area contributed by atoms with Crippen molar-refractivity contribution in [1.82, 2.24) is 0 Å². The number of carbonyl (C=O) groups is 2. The maximum atomic E-state index is 12.5. The second-order valence-electron chi connectivity index (χ2n) is 7.55. The number of benzene rings is 2. The Morgan fingerprint density at radius 2 is 1.72 bits per heavy atom. The standard InChI is InChI=1S/C21H24N2O2/c1-14(24)23-12-11-15-13-16(5-10-19(15)23)20(25)22-18-8-6-17(7-9-18)21(2,3)4/h5-10,13H,11-12H2,1-4H3,(H,22,25). The summed E-state index contributed by atoms with van der Waals surface area (Å²) in [6, 6.07) is 13.5. The molecule has 0 atom stereocenters. The van der Waals surface area contributed by atoms with E-state index in [1.165, 1.54) is 5.56 Å². The second-order valence-corrected chi connectivity index (χ2v) is 7.55. The molecule has 1 heterocycles. The Bertz CT molecular complexity index is 817. The molecule has 0 saturated carbocycles. The van der Waals surface area contributed by atoms with Crippen LogP contribution in [0.15, 0.2) is 42.5 Å². The normalized spacial score (nSPS) is 13.5. The molecule has 1 aliphatic rings. The van der Waals surface area contributed by atoms with E-state index in [9.17, 15) is 9.59 Å². The van der Waals surface area contributed by atoms with Gasteiger partial charge < -0.3 is 10.2 Å². The summed E-state index contributed by atoms with van der Waals surface area (Å²) in [6.07, 6.45) is 0.788. The lowest BCUT2D eigenvalue weighted by atomic mass is 9.87. The average Bonchev–Trinajstić information content (AvgIpc) is 2.97. The molecule has 1 N–H and O–H groups in total. The molecule has 4 heteroatoms. The molecule has 0 radical (unpaired) electrons. The summed E-state index contributed by atoms with van der Waals surface area (Å²) in [5, 5.41) is 2.94. The van der Waals surface area contributed by atoms with Crippen molar-refractivity contribution in [3.05, 3.63) is 59.2 Å². The third-order valence-corrected chi connectivity index (χ3v) is 4.63. The zero-order chi connectivity index (χ0) is 18.2. The van der Waals surface area contributed by atoms with E-state index in [4.69, 9.17) is 0 Å². The molecule has 2 aromatic rings. The fourth-order valence-corrected chi connectivity index (χ4v) is 3.13. The molecule has 25 heavy (non-hydrogen) atoms. The van der Waals surface area contributed by atoms with Gasteiger partial charge in [-0.2, -0.15) is 0 Å². The van der Waals surface area contributed by atoms with Gasteiger partial charge in [-0.1, -0.05) is 32.9 Å². The average molecular weight is 336 g/mol. The number of amides is 2. The smallest absolute Gasteiger partial charge is 0.255 e. The van der Waals surface area contributed by atoms with E-state index in [-0.39, 0.29) is 17.2 Å². The number of hydrogen-bond donors (Lipinski definition) is 1. The fourth-order valence-electron chi connectivity index (χ4n) is 3.13. The van der Waals surface area contributed by atoms with Crippen molar-refractivity contribution < 1.29 is 9.59 Å². The Morgan fingerprint density at radius 3 is 2.32 bits per heavy atom. The molecule has 0 spiro atoms. The van der Waals surface area contributed by atoms with Crippen LogP contribution < -0.4 is 10.2 Å². The fraction of sp³-hybridized carbons (Fsp3) is 0.333. The molecule has 1 aliphatic heterocycles. The van der Waals surface area contributed by atoms with Crippen molar-refractivity contribution in [3.63, 3.8) is 0 Å². The first-order valence-corrected chi connectivity index (χ1v) is 8.58. The number of anilines is 2. The van der Waals surface area contributed by atoms with Gasteiger partial charge in [0.05, 0.1) is 0 Å². The van der Waals surface area contributed by atoms with Crippen LogP contribution in [0.2, 0.25) is 0 Å².